The van der Waals surface area contributed by atoms with E-state index < -0.39 is 34.9 Å². The normalized spacial score (nSPS) is 36.3. The lowest BCUT2D eigenvalue weighted by Gasteiger charge is -2.64. The van der Waals surface area contributed by atoms with Crippen molar-refractivity contribution in [1.82, 2.24) is 9.88 Å². The first-order chi connectivity index (χ1) is 26.4. The number of hydrogen-bond acceptors (Lipinski definition) is 5. The van der Waals surface area contributed by atoms with Gasteiger partial charge < -0.3 is 24.8 Å². The number of Topliss-reactive ketones (excluding diaryl/α,β-unsaturated/α-hetero) is 1. The van der Waals surface area contributed by atoms with Gasteiger partial charge in [0, 0.05) is 46.5 Å². The Morgan fingerprint density at radius 3 is 2.48 bits per heavy atom. The van der Waals surface area contributed by atoms with Gasteiger partial charge in [-0.05, 0) is 125 Å². The summed E-state index contributed by atoms with van der Waals surface area (Å²) in [5.41, 5.74) is 8.78. The maximum atomic E-state index is 15.0. The van der Waals surface area contributed by atoms with Crippen molar-refractivity contribution in [2.75, 3.05) is 6.54 Å². The maximum absolute atomic E-state index is 15.0. The fraction of sp³-hybridized carbons (Fsp3) is 0.540. The van der Waals surface area contributed by atoms with E-state index in [4.69, 9.17) is 4.74 Å². The highest BCUT2D eigenvalue weighted by Gasteiger charge is 2.67. The second-order valence-corrected chi connectivity index (χ2v) is 20.3. The summed E-state index contributed by atoms with van der Waals surface area (Å²) in [6.45, 7) is 25.9. The second-order valence-electron chi connectivity index (χ2n) is 20.3. The van der Waals surface area contributed by atoms with Gasteiger partial charge in [-0.25, -0.2) is 0 Å². The second kappa shape index (κ2) is 12.5. The Bertz CT molecular complexity index is 2270. The zero-order valence-electron chi connectivity index (χ0n) is 35.1. The highest BCUT2D eigenvalue weighted by atomic mass is 16.5. The highest BCUT2D eigenvalue weighted by molar-refractivity contribution is 6.18. The van der Waals surface area contributed by atoms with Crippen molar-refractivity contribution in [2.45, 2.75) is 136 Å². The molecular formula is C50H62N2O4. The van der Waals surface area contributed by atoms with Gasteiger partial charge in [0.25, 0.3) is 0 Å². The van der Waals surface area contributed by atoms with Gasteiger partial charge in [0.15, 0.2) is 5.78 Å². The molecule has 3 heterocycles. The molecule has 3 aromatic rings. The van der Waals surface area contributed by atoms with Gasteiger partial charge in [0.05, 0.1) is 34.5 Å². The number of aliphatic hydroxyl groups is 2. The molecule has 6 heteroatoms. The average molecular weight is 755 g/mol. The Kier molecular flexibility index (Phi) is 8.46. The van der Waals surface area contributed by atoms with Gasteiger partial charge in [-0.15, -0.1) is 0 Å². The number of rotatable bonds is 7. The third kappa shape index (κ3) is 5.04. The molecule has 0 radical (unpaired) electrons. The molecule has 4 aliphatic carbocycles. The van der Waals surface area contributed by atoms with Gasteiger partial charge >= 0.3 is 0 Å². The van der Waals surface area contributed by atoms with Gasteiger partial charge in [-0.2, -0.15) is 0 Å². The van der Waals surface area contributed by atoms with E-state index in [0.717, 1.165) is 73.0 Å². The zero-order chi connectivity index (χ0) is 39.9. The molecule has 6 aliphatic rings. The first kappa shape index (κ1) is 38.0. The van der Waals surface area contributed by atoms with Crippen LogP contribution in [-0.4, -0.2) is 44.4 Å². The number of hydrogen-bond donors (Lipinski definition) is 3. The smallest absolute Gasteiger partial charge is 0.192 e. The SMILES string of the molecule is C=C(C)[C@H]1C(=O)c2c3c(cc4c5c(n1c24)[C@@]1(C)C(CC[C@H]2[C@](C)(/C=C/C=C(\C)CNCc4ccccc4)[C@@H](O)CC[C@@]21C)C5)C1=CC(C)(C)OC(C)(C)C1[C@@H]3O. The number of allylic oxidation sites excluding steroid dienone is 3. The molecule has 56 heavy (non-hydrogen) atoms. The number of aliphatic hydroxyl groups excluding tert-OH is 2. The monoisotopic (exact) mass is 754 g/mol. The van der Waals surface area contributed by atoms with E-state index in [1.807, 2.05) is 13.0 Å². The van der Waals surface area contributed by atoms with Crippen molar-refractivity contribution < 1.29 is 19.7 Å². The summed E-state index contributed by atoms with van der Waals surface area (Å²) in [6, 6.07) is 12.3. The molecule has 9 rings (SSSR count). The fourth-order valence-corrected chi connectivity index (χ4v) is 13.6. The first-order valence-corrected chi connectivity index (χ1v) is 21.2. The summed E-state index contributed by atoms with van der Waals surface area (Å²) < 4.78 is 8.97. The number of aromatic nitrogens is 1. The Morgan fingerprint density at radius 1 is 1.04 bits per heavy atom. The van der Waals surface area contributed by atoms with Crippen LogP contribution in [0.25, 0.3) is 16.5 Å². The molecule has 0 bridgehead atoms. The molecule has 0 amide bonds. The van der Waals surface area contributed by atoms with E-state index in [9.17, 15) is 15.0 Å². The van der Waals surface area contributed by atoms with Crippen molar-refractivity contribution in [3.63, 3.8) is 0 Å². The maximum Gasteiger partial charge on any atom is 0.192 e. The Morgan fingerprint density at radius 2 is 1.77 bits per heavy atom. The van der Waals surface area contributed by atoms with Gasteiger partial charge in [-0.1, -0.05) is 87.1 Å². The summed E-state index contributed by atoms with van der Waals surface area (Å²) in [5.74, 6) is 0.488. The number of fused-ring (bicyclic) bond motifs is 11. The number of benzene rings is 2. The average Bonchev–Trinajstić information content (AvgIpc) is 3.79. The van der Waals surface area contributed by atoms with Gasteiger partial charge in [0.1, 0.15) is 6.04 Å². The fourth-order valence-electron chi connectivity index (χ4n) is 13.6. The predicted octanol–water partition coefficient (Wildman–Crippen LogP) is 9.89. The van der Waals surface area contributed by atoms with Crippen molar-refractivity contribution in [3.8, 4) is 0 Å². The number of carbonyl (C=O) groups excluding carboxylic acids is 1. The molecule has 296 valence electrons. The highest BCUT2D eigenvalue weighted by Crippen LogP contribution is 2.71. The molecule has 9 atom stereocenters. The summed E-state index contributed by atoms with van der Waals surface area (Å²) >= 11 is 0. The van der Waals surface area contributed by atoms with E-state index >= 15 is 0 Å². The van der Waals surface area contributed by atoms with E-state index in [2.05, 4.69) is 126 Å². The Hall–Kier alpha value is -3.55. The predicted molar refractivity (Wildman–Crippen MR) is 226 cm³/mol. The lowest BCUT2D eigenvalue weighted by atomic mass is 9.40. The van der Waals surface area contributed by atoms with Gasteiger partial charge in [0.2, 0.25) is 0 Å². The molecule has 6 nitrogen and oxygen atoms in total. The molecule has 0 saturated heterocycles. The first-order valence-electron chi connectivity index (χ1n) is 21.2. The summed E-state index contributed by atoms with van der Waals surface area (Å²) in [7, 11) is 0. The summed E-state index contributed by atoms with van der Waals surface area (Å²) in [6.07, 6.45) is 12.4. The molecular weight excluding hydrogens is 693 g/mol. The van der Waals surface area contributed by atoms with Crippen molar-refractivity contribution in [2.24, 2.45) is 28.6 Å². The molecule has 2 aliphatic heterocycles. The molecule has 2 aromatic carbocycles. The van der Waals surface area contributed by atoms with E-state index in [1.165, 1.54) is 27.8 Å². The number of ether oxygens (including phenoxy) is 1. The van der Waals surface area contributed by atoms with Crippen LogP contribution in [0.5, 0.6) is 0 Å². The molecule has 1 aromatic heterocycles. The quantitative estimate of drug-likeness (QED) is 0.165. The molecule has 2 fully saturated rings. The van der Waals surface area contributed by atoms with E-state index in [0.29, 0.717) is 11.5 Å². The van der Waals surface area contributed by atoms with Crippen LogP contribution in [0.3, 0.4) is 0 Å². The van der Waals surface area contributed by atoms with Crippen molar-refractivity contribution in [1.29, 1.82) is 0 Å². The van der Waals surface area contributed by atoms with Crippen LogP contribution in [0, 0.1) is 28.6 Å². The summed E-state index contributed by atoms with van der Waals surface area (Å²) in [5, 5.41) is 28.9. The van der Waals surface area contributed by atoms with E-state index in [-0.39, 0.29) is 28.4 Å². The topological polar surface area (TPSA) is 83.7 Å². The number of nitrogens with zero attached hydrogens (tertiary/aromatic N) is 1. The number of nitrogens with one attached hydrogen (secondary N) is 1. The van der Waals surface area contributed by atoms with E-state index in [1.54, 1.807) is 0 Å². The molecule has 2 unspecified atom stereocenters. The lowest BCUT2D eigenvalue weighted by Crippen LogP contribution is -2.62. The third-order valence-electron chi connectivity index (χ3n) is 16.0. The minimum atomic E-state index is -0.836. The zero-order valence-corrected chi connectivity index (χ0v) is 35.1. The van der Waals surface area contributed by atoms with Crippen molar-refractivity contribution >= 4 is 22.3 Å². The third-order valence-corrected chi connectivity index (χ3v) is 16.0. The van der Waals surface area contributed by atoms with Crippen LogP contribution in [-0.2, 0) is 23.1 Å². The Balaban J connectivity index is 1.14. The minimum Gasteiger partial charge on any atom is -0.392 e. The van der Waals surface area contributed by atoms with Crippen LogP contribution in [0.15, 0.2) is 78.4 Å². The molecule has 2 saturated carbocycles. The van der Waals surface area contributed by atoms with Crippen LogP contribution in [0.4, 0.5) is 0 Å². The largest absolute Gasteiger partial charge is 0.392 e. The van der Waals surface area contributed by atoms with Crippen LogP contribution >= 0.6 is 0 Å². The van der Waals surface area contributed by atoms with Crippen LogP contribution in [0.1, 0.15) is 138 Å². The van der Waals surface area contributed by atoms with Crippen LogP contribution < -0.4 is 5.32 Å². The summed E-state index contributed by atoms with van der Waals surface area (Å²) in [4.78, 5) is 15.0. The Labute approximate surface area is 333 Å². The number of carbonyl (C=O) groups is 1. The minimum absolute atomic E-state index is 0.0604. The van der Waals surface area contributed by atoms with Crippen molar-refractivity contribution in [3.05, 3.63) is 112 Å². The lowest BCUT2D eigenvalue weighted by molar-refractivity contribution is -0.144. The standard InChI is InChI=1S/C50H62N2O4/c1-28(2)41-44(55)39-38-32(35-25-46(4,5)56-47(6,7)40(35)43(38)54)24-33-34-23-31-18-19-36-48(8,21-14-15-29(3)26-51-27-30-16-12-11-13-17-30)37(53)20-22-49(36,9)50(31,10)45(34)52(41)42(33)39/h11-17,21,24-25,31,36-37,40-41,43,51,53-54H,1,18-20,22-23,26-27H2,2-10H3/b21-14+,29-15+/t31?,36-,37-,40?,41-,43+,48-,49-,50+/m0/s1. The molecule has 0 spiro atoms. The van der Waals surface area contributed by atoms with Crippen LogP contribution in [0.2, 0.25) is 0 Å². The van der Waals surface area contributed by atoms with Gasteiger partial charge in [-0.3, -0.25) is 4.79 Å². The number of ketones is 1. The molecule has 3 N–H and O–H groups in total.